The lowest BCUT2D eigenvalue weighted by Gasteiger charge is -2.08. The molecule has 0 aliphatic carbocycles. The predicted molar refractivity (Wildman–Crippen MR) is 87.2 cm³/mol. The second-order valence-corrected chi connectivity index (χ2v) is 6.24. The smallest absolute Gasteiger partial charge is 0.261 e. The Hall–Kier alpha value is -1.37. The minimum absolute atomic E-state index is 0.120. The van der Waals surface area contributed by atoms with E-state index in [1.165, 1.54) is 5.56 Å². The van der Waals surface area contributed by atoms with Gasteiger partial charge in [-0.1, -0.05) is 25.1 Å². The number of anilines is 1. The monoisotopic (exact) mass is 384 g/mol. The average Bonchev–Trinajstić information content (AvgIpc) is 2.76. The molecule has 1 heterocycles. The Morgan fingerprint density at radius 1 is 1.35 bits per heavy atom. The minimum Gasteiger partial charge on any atom is -0.360 e. The minimum atomic E-state index is -0.174. The third kappa shape index (κ3) is 3.03. The van der Waals surface area contributed by atoms with Gasteiger partial charge in [-0.2, -0.15) is 0 Å². The zero-order chi connectivity index (χ0) is 14.9. The summed E-state index contributed by atoms with van der Waals surface area (Å²) in [6, 6.07) is 5.83. The molecule has 0 radical (unpaired) electrons. The molecule has 1 aromatic heterocycles. The summed E-state index contributed by atoms with van der Waals surface area (Å²) in [4.78, 5) is 12.4. The first kappa shape index (κ1) is 15.0. The molecule has 0 saturated heterocycles. The molecule has 0 atom stereocenters. The summed E-state index contributed by atoms with van der Waals surface area (Å²) in [5, 5.41) is 6.80. The van der Waals surface area contributed by atoms with Gasteiger partial charge >= 0.3 is 0 Å². The van der Waals surface area contributed by atoms with Crippen LogP contribution in [0.25, 0.3) is 0 Å². The summed E-state index contributed by atoms with van der Waals surface area (Å²) in [6.45, 7) is 7.77. The van der Waals surface area contributed by atoms with E-state index in [0.717, 1.165) is 9.26 Å². The maximum atomic E-state index is 12.4. The molecule has 0 spiro atoms. The van der Waals surface area contributed by atoms with Crippen molar-refractivity contribution in [3.8, 4) is 0 Å². The van der Waals surface area contributed by atoms with Crippen LogP contribution in [0, 0.1) is 17.4 Å². The van der Waals surface area contributed by atoms with Crippen LogP contribution in [0.1, 0.15) is 47.1 Å². The van der Waals surface area contributed by atoms with Crippen molar-refractivity contribution in [2.24, 2.45) is 0 Å². The first-order valence-electron chi connectivity index (χ1n) is 6.43. The molecule has 0 unspecified atom stereocenters. The molecule has 0 fully saturated rings. The van der Waals surface area contributed by atoms with Crippen molar-refractivity contribution in [3.63, 3.8) is 0 Å². The van der Waals surface area contributed by atoms with Crippen molar-refractivity contribution in [1.82, 2.24) is 5.16 Å². The zero-order valence-electron chi connectivity index (χ0n) is 12.0. The number of amides is 1. The van der Waals surface area contributed by atoms with Crippen LogP contribution in [0.3, 0.4) is 0 Å². The molecule has 4 nitrogen and oxygen atoms in total. The highest BCUT2D eigenvalue weighted by Crippen LogP contribution is 2.24. The van der Waals surface area contributed by atoms with E-state index in [-0.39, 0.29) is 11.8 Å². The number of nitrogens with zero attached hydrogens (tertiary/aromatic N) is 1. The number of carbonyl (C=O) groups excluding carboxylic acids is 1. The van der Waals surface area contributed by atoms with Crippen molar-refractivity contribution in [2.75, 3.05) is 5.32 Å². The summed E-state index contributed by atoms with van der Waals surface area (Å²) < 4.78 is 6.36. The van der Waals surface area contributed by atoms with Crippen molar-refractivity contribution < 1.29 is 9.32 Å². The Morgan fingerprint density at radius 3 is 2.65 bits per heavy atom. The summed E-state index contributed by atoms with van der Waals surface area (Å²) in [5.41, 5.74) is 3.12. The van der Waals surface area contributed by atoms with Crippen LogP contribution in [0.15, 0.2) is 22.7 Å². The molecule has 20 heavy (non-hydrogen) atoms. The molecule has 0 saturated carbocycles. The van der Waals surface area contributed by atoms with Gasteiger partial charge in [-0.3, -0.25) is 4.79 Å². The topological polar surface area (TPSA) is 55.1 Å². The molecule has 1 N–H and O–H groups in total. The van der Waals surface area contributed by atoms with E-state index >= 15 is 0 Å². The standard InChI is InChI=1S/C15H17IN2O2/c1-8(2)14-13(10(4)18-20-14)15(19)17-11-6-5-9(3)12(16)7-11/h5-8H,1-4H3,(H,17,19). The molecule has 1 aromatic carbocycles. The molecule has 0 bridgehead atoms. The molecule has 0 aliphatic heterocycles. The van der Waals surface area contributed by atoms with E-state index < -0.39 is 0 Å². The first-order chi connectivity index (χ1) is 9.40. The van der Waals surface area contributed by atoms with Gasteiger partial charge in [0.05, 0.1) is 5.69 Å². The van der Waals surface area contributed by atoms with E-state index in [4.69, 9.17) is 4.52 Å². The normalized spacial score (nSPS) is 10.9. The predicted octanol–water partition coefficient (Wildman–Crippen LogP) is 4.27. The highest BCUT2D eigenvalue weighted by atomic mass is 127. The van der Waals surface area contributed by atoms with Crippen LogP contribution in [0.4, 0.5) is 5.69 Å². The largest absolute Gasteiger partial charge is 0.360 e. The Balaban J connectivity index is 2.28. The fourth-order valence-electron chi connectivity index (χ4n) is 1.92. The van der Waals surface area contributed by atoms with Crippen molar-refractivity contribution >= 4 is 34.2 Å². The maximum Gasteiger partial charge on any atom is 0.261 e. The fraction of sp³-hybridized carbons (Fsp3) is 0.333. The van der Waals surface area contributed by atoms with E-state index in [2.05, 4.69) is 33.1 Å². The van der Waals surface area contributed by atoms with Gasteiger partial charge in [-0.25, -0.2) is 0 Å². The van der Waals surface area contributed by atoms with E-state index in [0.29, 0.717) is 17.0 Å². The van der Waals surface area contributed by atoms with Gasteiger partial charge in [-0.15, -0.1) is 0 Å². The third-order valence-electron chi connectivity index (χ3n) is 3.07. The Labute approximate surface area is 132 Å². The number of hydrogen-bond acceptors (Lipinski definition) is 3. The van der Waals surface area contributed by atoms with E-state index in [1.807, 2.05) is 39.0 Å². The summed E-state index contributed by atoms with van der Waals surface area (Å²) in [5.74, 6) is 0.573. The van der Waals surface area contributed by atoms with Gasteiger partial charge in [0, 0.05) is 15.2 Å². The van der Waals surface area contributed by atoms with Gasteiger partial charge in [0.15, 0.2) is 5.76 Å². The molecule has 2 aromatic rings. The molecule has 1 amide bonds. The van der Waals surface area contributed by atoms with Gasteiger partial charge in [0.1, 0.15) is 5.56 Å². The lowest BCUT2D eigenvalue weighted by Crippen LogP contribution is -2.15. The molecular weight excluding hydrogens is 367 g/mol. The Bertz CT molecular complexity index is 647. The summed E-state index contributed by atoms with van der Waals surface area (Å²) in [6.07, 6.45) is 0. The van der Waals surface area contributed by atoms with Crippen molar-refractivity contribution in [1.29, 1.82) is 0 Å². The summed E-state index contributed by atoms with van der Waals surface area (Å²) >= 11 is 2.25. The van der Waals surface area contributed by atoms with E-state index in [1.54, 1.807) is 6.92 Å². The van der Waals surface area contributed by atoms with Crippen LogP contribution in [0.5, 0.6) is 0 Å². The van der Waals surface area contributed by atoms with Gasteiger partial charge in [0.2, 0.25) is 0 Å². The number of aryl methyl sites for hydroxylation is 2. The lowest BCUT2D eigenvalue weighted by atomic mass is 10.0. The van der Waals surface area contributed by atoms with Gasteiger partial charge in [-0.05, 0) is 54.1 Å². The number of halogens is 1. The highest BCUT2D eigenvalue weighted by Gasteiger charge is 2.22. The zero-order valence-corrected chi connectivity index (χ0v) is 14.1. The van der Waals surface area contributed by atoms with Crippen LogP contribution in [-0.2, 0) is 0 Å². The molecule has 0 aliphatic rings. The van der Waals surface area contributed by atoms with Crippen molar-refractivity contribution in [3.05, 3.63) is 44.4 Å². The van der Waals surface area contributed by atoms with Crippen LogP contribution in [-0.4, -0.2) is 11.1 Å². The lowest BCUT2D eigenvalue weighted by molar-refractivity contribution is 0.102. The third-order valence-corrected chi connectivity index (χ3v) is 4.23. The molecule has 5 heteroatoms. The Morgan fingerprint density at radius 2 is 2.05 bits per heavy atom. The maximum absolute atomic E-state index is 12.4. The van der Waals surface area contributed by atoms with Gasteiger partial charge < -0.3 is 9.84 Å². The second kappa shape index (κ2) is 5.95. The highest BCUT2D eigenvalue weighted by molar-refractivity contribution is 14.1. The average molecular weight is 384 g/mol. The van der Waals surface area contributed by atoms with Crippen LogP contribution < -0.4 is 5.32 Å². The first-order valence-corrected chi connectivity index (χ1v) is 7.51. The molecule has 2 rings (SSSR count). The quantitative estimate of drug-likeness (QED) is 0.805. The number of carbonyl (C=O) groups is 1. The SMILES string of the molecule is Cc1ccc(NC(=O)c2c(C)noc2C(C)C)cc1I. The molecule has 106 valence electrons. The van der Waals surface area contributed by atoms with Crippen LogP contribution in [0.2, 0.25) is 0 Å². The molecular formula is C15H17IN2O2. The number of nitrogens with one attached hydrogen (secondary N) is 1. The summed E-state index contributed by atoms with van der Waals surface area (Å²) in [7, 11) is 0. The number of rotatable bonds is 3. The second-order valence-electron chi connectivity index (χ2n) is 5.08. The number of aromatic nitrogens is 1. The number of hydrogen-bond donors (Lipinski definition) is 1. The van der Waals surface area contributed by atoms with Crippen molar-refractivity contribution in [2.45, 2.75) is 33.6 Å². The fourth-order valence-corrected chi connectivity index (χ4v) is 2.44. The van der Waals surface area contributed by atoms with Crippen LogP contribution >= 0.6 is 22.6 Å². The Kier molecular flexibility index (Phi) is 4.47. The van der Waals surface area contributed by atoms with E-state index in [9.17, 15) is 4.79 Å². The number of benzene rings is 1. The van der Waals surface area contributed by atoms with Gasteiger partial charge in [0.25, 0.3) is 5.91 Å².